The van der Waals surface area contributed by atoms with E-state index in [0.29, 0.717) is 10.0 Å². The fourth-order valence-corrected chi connectivity index (χ4v) is 6.32. The van der Waals surface area contributed by atoms with Crippen LogP contribution in [-0.4, -0.2) is 69.2 Å². The molecule has 0 radical (unpaired) electrons. The summed E-state index contributed by atoms with van der Waals surface area (Å²) in [6, 6.07) is 0. The van der Waals surface area contributed by atoms with Crippen molar-refractivity contribution < 1.29 is 24.2 Å². The summed E-state index contributed by atoms with van der Waals surface area (Å²) >= 11 is 2.20. The number of thioether (sulfide) groups is 2. The molecule has 1 aromatic rings. The Morgan fingerprint density at radius 1 is 1.65 bits per heavy atom. The van der Waals surface area contributed by atoms with Crippen molar-refractivity contribution in [3.05, 3.63) is 0 Å². The molecule has 2 aliphatic heterocycles. The lowest BCUT2D eigenvalue weighted by molar-refractivity contribution is -0.184. The molecule has 0 saturated carbocycles. The molecule has 10 nitrogen and oxygen atoms in total. The van der Waals surface area contributed by atoms with Gasteiger partial charge in [-0.1, -0.05) is 11.8 Å². The Hall–Kier alpha value is -1.15. The SMILES string of the molecule is CO[C@]1(C)O[C@H]2SC(=O)N2S(C(=O)O)=C1CSc1nnnn1C. The highest BCUT2D eigenvalue weighted by Gasteiger charge is 2.54. The van der Waals surface area contributed by atoms with Crippen molar-refractivity contribution in [1.82, 2.24) is 24.5 Å². The molecule has 126 valence electrons. The van der Waals surface area contributed by atoms with Crippen LogP contribution < -0.4 is 0 Å². The van der Waals surface area contributed by atoms with Crippen molar-refractivity contribution in [2.45, 2.75) is 23.4 Å². The van der Waals surface area contributed by atoms with Crippen LogP contribution in [0.15, 0.2) is 5.16 Å². The second kappa shape index (κ2) is 6.05. The number of carbonyl (C=O) groups is 2. The van der Waals surface area contributed by atoms with Crippen LogP contribution in [-0.2, 0) is 16.5 Å². The number of nitrogens with zero attached hydrogens (tertiary/aromatic N) is 5. The molecule has 3 rings (SSSR count). The van der Waals surface area contributed by atoms with Gasteiger partial charge < -0.3 is 14.6 Å². The summed E-state index contributed by atoms with van der Waals surface area (Å²) in [4.78, 5) is 24.0. The lowest BCUT2D eigenvalue weighted by atomic mass is 10.2. The Morgan fingerprint density at radius 2 is 2.39 bits per heavy atom. The molecule has 0 aliphatic carbocycles. The van der Waals surface area contributed by atoms with Gasteiger partial charge in [-0.3, -0.25) is 4.79 Å². The zero-order chi connectivity index (χ0) is 16.8. The van der Waals surface area contributed by atoms with E-state index in [0.717, 1.165) is 11.8 Å². The molecule has 0 spiro atoms. The van der Waals surface area contributed by atoms with Gasteiger partial charge >= 0.3 is 5.30 Å². The smallest absolute Gasteiger partial charge is 0.378 e. The Kier molecular flexibility index (Phi) is 4.39. The van der Waals surface area contributed by atoms with Crippen LogP contribution in [0.4, 0.5) is 9.59 Å². The summed E-state index contributed by atoms with van der Waals surface area (Å²) in [5.74, 6) is -0.954. The third kappa shape index (κ3) is 2.76. The number of hydrogen-bond acceptors (Lipinski definition) is 9. The number of amides is 1. The molecular weight excluding hydrogens is 366 g/mol. The van der Waals surface area contributed by atoms with Gasteiger partial charge in [0.05, 0.1) is 4.86 Å². The summed E-state index contributed by atoms with van der Waals surface area (Å²) in [7, 11) is 1.68. The van der Waals surface area contributed by atoms with Crippen LogP contribution in [0, 0.1) is 0 Å². The maximum absolute atomic E-state index is 11.8. The topological polar surface area (TPSA) is 120 Å². The van der Waals surface area contributed by atoms with Crippen molar-refractivity contribution in [3.8, 4) is 0 Å². The molecule has 1 amide bonds. The minimum Gasteiger partial charge on any atom is -0.472 e. The van der Waals surface area contributed by atoms with Crippen LogP contribution in [0.5, 0.6) is 0 Å². The fraction of sp³-hybridized carbons (Fsp3) is 0.600. The number of ether oxygens (including phenoxy) is 2. The second-order valence-electron chi connectivity index (χ2n) is 4.63. The average Bonchev–Trinajstić information content (AvgIpc) is 2.90. The Bertz CT molecular complexity index is 709. The first kappa shape index (κ1) is 16.7. The third-order valence-electron chi connectivity index (χ3n) is 3.30. The van der Waals surface area contributed by atoms with Crippen LogP contribution in [0.1, 0.15) is 6.92 Å². The molecule has 0 bridgehead atoms. The number of fused-ring (bicyclic) bond motifs is 1. The molecule has 23 heavy (non-hydrogen) atoms. The molecule has 3 atom stereocenters. The van der Waals surface area contributed by atoms with E-state index in [-0.39, 0.29) is 11.0 Å². The first-order valence-corrected chi connectivity index (χ1v) is 9.33. The van der Waals surface area contributed by atoms with Crippen LogP contribution in [0.2, 0.25) is 0 Å². The summed E-state index contributed by atoms with van der Waals surface area (Å²) < 4.78 is 13.9. The lowest BCUT2D eigenvalue weighted by Gasteiger charge is -2.49. The maximum atomic E-state index is 11.8. The number of carboxylic acid groups (broad SMARTS) is 1. The molecule has 1 N–H and O–H groups in total. The number of rotatable bonds is 4. The van der Waals surface area contributed by atoms with Gasteiger partial charge in [0, 0.05) is 30.6 Å². The minimum atomic E-state index is -1.44. The largest absolute Gasteiger partial charge is 0.472 e. The van der Waals surface area contributed by atoms with Gasteiger partial charge in [0.1, 0.15) is 0 Å². The highest BCUT2D eigenvalue weighted by molar-refractivity contribution is 8.30. The van der Waals surface area contributed by atoms with Gasteiger partial charge in [0.2, 0.25) is 10.7 Å². The number of aryl methyl sites for hydroxylation is 1. The predicted molar refractivity (Wildman–Crippen MR) is 85.3 cm³/mol. The van der Waals surface area contributed by atoms with Crippen molar-refractivity contribution in [1.29, 1.82) is 0 Å². The monoisotopic (exact) mass is 379 g/mol. The van der Waals surface area contributed by atoms with Gasteiger partial charge in [-0.25, -0.2) is 13.8 Å². The summed E-state index contributed by atoms with van der Waals surface area (Å²) in [6.07, 6.45) is 0. The summed E-state index contributed by atoms with van der Waals surface area (Å²) in [6.45, 7) is 1.65. The molecule has 1 aromatic heterocycles. The second-order valence-corrected chi connectivity index (χ2v) is 8.37. The highest BCUT2D eigenvalue weighted by atomic mass is 32.2. The fourth-order valence-electron chi connectivity index (χ4n) is 2.02. The number of tetrazole rings is 1. The van der Waals surface area contributed by atoms with E-state index < -0.39 is 27.3 Å². The number of aromatic nitrogens is 4. The maximum Gasteiger partial charge on any atom is 0.378 e. The van der Waals surface area contributed by atoms with Crippen LogP contribution in [0.3, 0.4) is 0 Å². The molecular formula is C10H13N5O5S3. The van der Waals surface area contributed by atoms with Gasteiger partial charge in [0.15, 0.2) is 5.79 Å². The first-order valence-electron chi connectivity index (χ1n) is 6.29. The Labute approximate surface area is 141 Å². The van der Waals surface area contributed by atoms with E-state index in [2.05, 4.69) is 15.5 Å². The quantitative estimate of drug-likeness (QED) is 0.603. The predicted octanol–water partition coefficient (Wildman–Crippen LogP) is 1.18. The van der Waals surface area contributed by atoms with E-state index in [1.165, 1.54) is 27.9 Å². The average molecular weight is 379 g/mol. The minimum absolute atomic E-state index is 0.245. The van der Waals surface area contributed by atoms with Crippen molar-refractivity contribution in [2.75, 3.05) is 12.9 Å². The van der Waals surface area contributed by atoms with Crippen molar-refractivity contribution in [2.24, 2.45) is 7.05 Å². The van der Waals surface area contributed by atoms with E-state index in [1.807, 2.05) is 0 Å². The van der Waals surface area contributed by atoms with Crippen molar-refractivity contribution in [3.63, 3.8) is 0 Å². The lowest BCUT2D eigenvalue weighted by Crippen LogP contribution is -2.59. The van der Waals surface area contributed by atoms with E-state index in [9.17, 15) is 14.7 Å². The molecule has 0 aromatic carbocycles. The van der Waals surface area contributed by atoms with Gasteiger partial charge in [-0.15, -0.1) is 5.10 Å². The third-order valence-corrected chi connectivity index (χ3v) is 7.74. The van der Waals surface area contributed by atoms with Gasteiger partial charge in [-0.05, 0) is 29.1 Å². The first-order chi connectivity index (χ1) is 10.9. The Morgan fingerprint density at radius 3 is 2.91 bits per heavy atom. The molecule has 3 heterocycles. The zero-order valence-electron chi connectivity index (χ0n) is 12.3. The number of carbonyl (C=O) groups excluding carboxylic acids is 1. The zero-order valence-corrected chi connectivity index (χ0v) is 14.8. The number of methoxy groups -OCH3 is 1. The molecule has 1 fully saturated rings. The summed E-state index contributed by atoms with van der Waals surface area (Å²) in [5, 5.41) is 19.8. The summed E-state index contributed by atoms with van der Waals surface area (Å²) in [5.41, 5.74) is -0.642. The number of hydrogen-bond donors (Lipinski definition) is 1. The van der Waals surface area contributed by atoms with Crippen LogP contribution in [0.25, 0.3) is 0 Å². The van der Waals surface area contributed by atoms with E-state index >= 15 is 0 Å². The molecule has 13 heteroatoms. The van der Waals surface area contributed by atoms with Gasteiger partial charge in [-0.2, -0.15) is 0 Å². The van der Waals surface area contributed by atoms with Crippen LogP contribution >= 0.6 is 34.2 Å². The molecule has 1 saturated heterocycles. The standard InChI is InChI=1S/C10H13N5O5S3/c1-10(19-3)5(4-21-6-11-12-13-14(6)2)23(9(17)18)15-7(16)22-8(15)20-10/h8H,4H2,1-3H3,(H,17,18)/t8-,10+,23?/m0/s1. The normalized spacial score (nSPS) is 30.1. The van der Waals surface area contributed by atoms with Crippen molar-refractivity contribution >= 4 is 49.6 Å². The van der Waals surface area contributed by atoms with Gasteiger partial charge in [0.25, 0.3) is 5.24 Å². The Balaban J connectivity index is 1.98. The molecule has 2 aliphatic rings. The van der Waals surface area contributed by atoms with E-state index in [1.54, 1.807) is 14.0 Å². The molecule has 1 unspecified atom stereocenters. The van der Waals surface area contributed by atoms with E-state index in [4.69, 9.17) is 9.47 Å². The highest BCUT2D eigenvalue weighted by Crippen LogP contribution is 2.50.